The minimum Gasteiger partial charge on any atom is -0.0616 e. The van der Waals surface area contributed by atoms with Crippen molar-refractivity contribution in [1.29, 1.82) is 0 Å². The van der Waals surface area contributed by atoms with Gasteiger partial charge in [0, 0.05) is 0 Å². The van der Waals surface area contributed by atoms with Crippen molar-refractivity contribution in [2.45, 2.75) is 13.8 Å². The Hall–Kier alpha value is -4.42. The molecule has 0 amide bonds. The maximum atomic E-state index is 2.40. The number of hydrogen-bond acceptors (Lipinski definition) is 0. The minimum atomic E-state index is 1.27. The van der Waals surface area contributed by atoms with E-state index in [0.717, 1.165) is 0 Å². The van der Waals surface area contributed by atoms with Crippen LogP contribution < -0.4 is 0 Å². The van der Waals surface area contributed by atoms with Crippen molar-refractivity contribution < 1.29 is 0 Å². The molecule has 0 N–H and O–H groups in total. The Morgan fingerprint density at radius 2 is 1.00 bits per heavy atom. The molecule has 0 radical (unpaired) electrons. The SMILES string of the molecule is Cc1cc(-c2ccc3ccccc3c2)c2cccc(C)c2c1-c1c2ccccc2cc2ccccc12. The number of fused-ring (bicyclic) bond motifs is 4. The molecular weight excluding hydrogens is 432 g/mol. The zero-order valence-electron chi connectivity index (χ0n) is 20.5. The molecule has 0 saturated heterocycles. The fourth-order valence-corrected chi connectivity index (χ4v) is 5.99. The maximum absolute atomic E-state index is 2.40. The lowest BCUT2D eigenvalue weighted by Gasteiger charge is -2.20. The first kappa shape index (κ1) is 20.9. The van der Waals surface area contributed by atoms with Crippen LogP contribution in [-0.4, -0.2) is 0 Å². The third-order valence-electron chi connectivity index (χ3n) is 7.65. The number of benzene rings is 7. The van der Waals surface area contributed by atoms with Crippen LogP contribution in [0.4, 0.5) is 0 Å². The second kappa shape index (κ2) is 8.07. The molecule has 0 heteroatoms. The van der Waals surface area contributed by atoms with E-state index in [0.29, 0.717) is 0 Å². The fraction of sp³-hybridized carbons (Fsp3) is 0.0556. The highest BCUT2D eigenvalue weighted by Gasteiger charge is 2.18. The summed E-state index contributed by atoms with van der Waals surface area (Å²) in [5.41, 5.74) is 7.87. The summed E-state index contributed by atoms with van der Waals surface area (Å²) in [6.45, 7) is 4.53. The van der Waals surface area contributed by atoms with Gasteiger partial charge < -0.3 is 0 Å². The van der Waals surface area contributed by atoms with Crippen molar-refractivity contribution in [2.75, 3.05) is 0 Å². The highest BCUT2D eigenvalue weighted by atomic mass is 14.2. The second-order valence-electron chi connectivity index (χ2n) is 9.87. The molecule has 0 bridgehead atoms. The molecule has 7 rings (SSSR count). The molecular formula is C36H26. The molecule has 0 aliphatic heterocycles. The van der Waals surface area contributed by atoms with Gasteiger partial charge in [-0.1, -0.05) is 109 Å². The van der Waals surface area contributed by atoms with Gasteiger partial charge in [-0.25, -0.2) is 0 Å². The van der Waals surface area contributed by atoms with Crippen LogP contribution in [-0.2, 0) is 0 Å². The van der Waals surface area contributed by atoms with Gasteiger partial charge in [-0.2, -0.15) is 0 Å². The highest BCUT2D eigenvalue weighted by Crippen LogP contribution is 2.45. The summed E-state index contributed by atoms with van der Waals surface area (Å²) in [5.74, 6) is 0. The predicted octanol–water partition coefficient (Wildman–Crippen LogP) is 10.3. The van der Waals surface area contributed by atoms with E-state index in [2.05, 4.69) is 135 Å². The molecule has 0 aliphatic carbocycles. The van der Waals surface area contributed by atoms with Crippen molar-refractivity contribution in [3.63, 3.8) is 0 Å². The molecule has 170 valence electrons. The van der Waals surface area contributed by atoms with Gasteiger partial charge in [-0.15, -0.1) is 0 Å². The molecule has 36 heavy (non-hydrogen) atoms. The molecule has 0 atom stereocenters. The lowest BCUT2D eigenvalue weighted by molar-refractivity contribution is 1.46. The van der Waals surface area contributed by atoms with Gasteiger partial charge in [0.05, 0.1) is 0 Å². The average molecular weight is 459 g/mol. The lowest BCUT2D eigenvalue weighted by atomic mass is 9.83. The monoisotopic (exact) mass is 458 g/mol. The van der Waals surface area contributed by atoms with Crippen molar-refractivity contribution >= 4 is 43.1 Å². The number of rotatable bonds is 2. The van der Waals surface area contributed by atoms with Crippen molar-refractivity contribution in [1.82, 2.24) is 0 Å². The molecule has 7 aromatic rings. The molecule has 0 saturated carbocycles. The van der Waals surface area contributed by atoms with Crippen LogP contribution in [0.1, 0.15) is 11.1 Å². The molecule has 0 heterocycles. The van der Waals surface area contributed by atoms with E-state index in [1.807, 2.05) is 0 Å². The molecule has 0 spiro atoms. The summed E-state index contributed by atoms with van der Waals surface area (Å²) in [5, 5.41) is 10.4. The summed E-state index contributed by atoms with van der Waals surface area (Å²) < 4.78 is 0. The largest absolute Gasteiger partial charge is 0.0616 e. The zero-order chi connectivity index (χ0) is 24.2. The van der Waals surface area contributed by atoms with Crippen LogP contribution >= 0.6 is 0 Å². The normalized spacial score (nSPS) is 11.6. The lowest BCUT2D eigenvalue weighted by Crippen LogP contribution is -1.95. The van der Waals surface area contributed by atoms with Crippen molar-refractivity contribution in [3.8, 4) is 22.3 Å². The number of aryl methyl sites for hydroxylation is 2. The van der Waals surface area contributed by atoms with E-state index < -0.39 is 0 Å². The average Bonchev–Trinajstić information content (AvgIpc) is 2.92. The Balaban J connectivity index is 1.63. The first-order valence-corrected chi connectivity index (χ1v) is 12.6. The van der Waals surface area contributed by atoms with E-state index in [4.69, 9.17) is 0 Å². The summed E-state index contributed by atoms with van der Waals surface area (Å²) in [6.07, 6.45) is 0. The van der Waals surface area contributed by atoms with Crippen LogP contribution in [0.5, 0.6) is 0 Å². The van der Waals surface area contributed by atoms with Gasteiger partial charge in [-0.3, -0.25) is 0 Å². The zero-order valence-corrected chi connectivity index (χ0v) is 20.5. The van der Waals surface area contributed by atoms with E-state index in [1.54, 1.807) is 0 Å². The first-order chi connectivity index (χ1) is 17.7. The third kappa shape index (κ3) is 3.15. The van der Waals surface area contributed by atoms with Crippen LogP contribution in [0, 0.1) is 13.8 Å². The molecule has 0 fully saturated rings. The molecule has 0 aromatic heterocycles. The third-order valence-corrected chi connectivity index (χ3v) is 7.65. The van der Waals surface area contributed by atoms with Gasteiger partial charge in [0.15, 0.2) is 0 Å². The summed E-state index contributed by atoms with van der Waals surface area (Å²) >= 11 is 0. The van der Waals surface area contributed by atoms with Crippen molar-refractivity contribution in [3.05, 3.63) is 132 Å². The van der Waals surface area contributed by atoms with Crippen LogP contribution in [0.3, 0.4) is 0 Å². The topological polar surface area (TPSA) is 0 Å². The van der Waals surface area contributed by atoms with Gasteiger partial charge in [-0.05, 0) is 102 Å². The standard InChI is InChI=1S/C36H26/c1-23-10-9-17-32-33(29-19-18-25-11-3-4-12-26(25)21-29)20-24(2)35(34(23)32)36-30-15-7-5-13-27(30)22-28-14-6-8-16-31(28)36/h3-22H,1-2H3. The van der Waals surface area contributed by atoms with Gasteiger partial charge in [0.1, 0.15) is 0 Å². The first-order valence-electron chi connectivity index (χ1n) is 12.6. The molecule has 0 aliphatic rings. The summed E-state index contributed by atoms with van der Waals surface area (Å²) in [6, 6.07) is 44.5. The highest BCUT2D eigenvalue weighted by molar-refractivity contribution is 6.19. The molecule has 0 unspecified atom stereocenters. The Bertz CT molecular complexity index is 1900. The minimum absolute atomic E-state index is 1.27. The van der Waals surface area contributed by atoms with E-state index in [9.17, 15) is 0 Å². The predicted molar refractivity (Wildman–Crippen MR) is 157 cm³/mol. The van der Waals surface area contributed by atoms with Crippen LogP contribution in [0.25, 0.3) is 65.3 Å². The summed E-state index contributed by atoms with van der Waals surface area (Å²) in [7, 11) is 0. The Labute approximate surface area is 211 Å². The van der Waals surface area contributed by atoms with Crippen LogP contribution in [0.2, 0.25) is 0 Å². The van der Waals surface area contributed by atoms with Gasteiger partial charge >= 0.3 is 0 Å². The van der Waals surface area contributed by atoms with E-state index in [1.165, 1.54) is 76.5 Å². The van der Waals surface area contributed by atoms with Crippen LogP contribution in [0.15, 0.2) is 121 Å². The Morgan fingerprint density at radius 1 is 0.389 bits per heavy atom. The van der Waals surface area contributed by atoms with E-state index >= 15 is 0 Å². The van der Waals surface area contributed by atoms with Crippen molar-refractivity contribution in [2.24, 2.45) is 0 Å². The molecule has 7 aromatic carbocycles. The maximum Gasteiger partial charge on any atom is -0.00178 e. The Kier molecular flexibility index (Phi) is 4.69. The van der Waals surface area contributed by atoms with Gasteiger partial charge in [0.25, 0.3) is 0 Å². The molecule has 0 nitrogen and oxygen atoms in total. The fourth-order valence-electron chi connectivity index (χ4n) is 5.99. The smallest absolute Gasteiger partial charge is 0.00178 e. The summed E-state index contributed by atoms with van der Waals surface area (Å²) in [4.78, 5) is 0. The quantitative estimate of drug-likeness (QED) is 0.226. The number of hydrogen-bond donors (Lipinski definition) is 0. The Morgan fingerprint density at radius 3 is 1.72 bits per heavy atom. The van der Waals surface area contributed by atoms with E-state index in [-0.39, 0.29) is 0 Å². The van der Waals surface area contributed by atoms with Gasteiger partial charge in [0.2, 0.25) is 0 Å². The second-order valence-corrected chi connectivity index (χ2v) is 9.87.